The van der Waals surface area contributed by atoms with E-state index in [0.29, 0.717) is 42.8 Å². The molecule has 1 saturated heterocycles. The van der Waals surface area contributed by atoms with Crippen molar-refractivity contribution in [3.05, 3.63) is 53.2 Å². The smallest absolute Gasteiger partial charge is 0.243 e. The molecule has 28 heavy (non-hydrogen) atoms. The molecule has 1 aromatic carbocycles. The molecule has 3 aromatic rings. The average Bonchev–Trinajstić information content (AvgIpc) is 3.31. The summed E-state index contributed by atoms with van der Waals surface area (Å²) in [5, 5.41) is 6.02. The highest BCUT2D eigenvalue weighted by Gasteiger charge is 2.27. The highest BCUT2D eigenvalue weighted by molar-refractivity contribution is 7.89. The maximum Gasteiger partial charge on any atom is 0.243 e. The van der Waals surface area contributed by atoms with Gasteiger partial charge in [-0.15, -0.1) is 11.3 Å². The number of thiophene rings is 1. The zero-order chi connectivity index (χ0) is 19.6. The number of benzene rings is 1. The Morgan fingerprint density at radius 2 is 1.93 bits per heavy atom. The van der Waals surface area contributed by atoms with Crippen LogP contribution in [0.15, 0.2) is 51.2 Å². The second kappa shape index (κ2) is 8.12. The Bertz CT molecular complexity index is 1010. The molecular formula is C19H22N4O3S2. The number of rotatable bonds is 5. The van der Waals surface area contributed by atoms with E-state index in [2.05, 4.69) is 15.0 Å². The lowest BCUT2D eigenvalue weighted by atomic mass is 10.2. The summed E-state index contributed by atoms with van der Waals surface area (Å²) in [5.74, 6) is 1.15. The van der Waals surface area contributed by atoms with Crippen LogP contribution in [0.3, 0.4) is 0 Å². The number of aromatic nitrogens is 2. The second-order valence-corrected chi connectivity index (χ2v) is 9.72. The van der Waals surface area contributed by atoms with Crippen molar-refractivity contribution in [2.75, 3.05) is 26.2 Å². The Labute approximate surface area is 168 Å². The van der Waals surface area contributed by atoms with Crippen LogP contribution >= 0.6 is 11.3 Å². The van der Waals surface area contributed by atoms with Crippen molar-refractivity contribution in [2.24, 2.45) is 0 Å². The predicted molar refractivity (Wildman–Crippen MR) is 107 cm³/mol. The van der Waals surface area contributed by atoms with Gasteiger partial charge in [-0.2, -0.15) is 9.29 Å². The maximum atomic E-state index is 12.9. The summed E-state index contributed by atoms with van der Waals surface area (Å²) in [7, 11) is -3.47. The van der Waals surface area contributed by atoms with Crippen LogP contribution < -0.4 is 0 Å². The third-order valence-corrected chi connectivity index (χ3v) is 7.55. The molecule has 1 aliphatic heterocycles. The van der Waals surface area contributed by atoms with Gasteiger partial charge < -0.3 is 4.52 Å². The molecule has 0 N–H and O–H groups in total. The second-order valence-electron chi connectivity index (χ2n) is 6.84. The zero-order valence-corrected chi connectivity index (χ0v) is 17.2. The number of hydrogen-bond donors (Lipinski definition) is 0. The van der Waals surface area contributed by atoms with Gasteiger partial charge in [-0.05, 0) is 43.5 Å². The van der Waals surface area contributed by atoms with Crippen LogP contribution in [-0.2, 0) is 16.6 Å². The van der Waals surface area contributed by atoms with Crippen LogP contribution in [0.25, 0.3) is 10.7 Å². The summed E-state index contributed by atoms with van der Waals surface area (Å²) < 4.78 is 32.8. The lowest BCUT2D eigenvalue weighted by molar-refractivity contribution is 0.236. The molecule has 0 bridgehead atoms. The Hall–Kier alpha value is -2.07. The van der Waals surface area contributed by atoms with Gasteiger partial charge in [0.1, 0.15) is 0 Å². The largest absolute Gasteiger partial charge is 0.338 e. The summed E-state index contributed by atoms with van der Waals surface area (Å²) >= 11 is 1.57. The molecule has 3 heterocycles. The minimum atomic E-state index is -3.47. The third kappa shape index (κ3) is 4.17. The van der Waals surface area contributed by atoms with Crippen LogP contribution in [0.4, 0.5) is 0 Å². The van der Waals surface area contributed by atoms with Crippen molar-refractivity contribution >= 4 is 21.4 Å². The van der Waals surface area contributed by atoms with Crippen molar-refractivity contribution < 1.29 is 12.9 Å². The molecule has 0 radical (unpaired) electrons. The first-order valence-corrected chi connectivity index (χ1v) is 11.5. The van der Waals surface area contributed by atoms with Crippen LogP contribution in [0, 0.1) is 6.92 Å². The number of sulfonamides is 1. The predicted octanol–water partition coefficient (Wildman–Crippen LogP) is 3.00. The third-order valence-electron chi connectivity index (χ3n) is 4.77. The summed E-state index contributed by atoms with van der Waals surface area (Å²) in [6.45, 7) is 4.84. The fourth-order valence-electron chi connectivity index (χ4n) is 3.22. The van der Waals surface area contributed by atoms with Gasteiger partial charge in [0.05, 0.1) is 16.3 Å². The van der Waals surface area contributed by atoms with E-state index in [1.165, 1.54) is 0 Å². The van der Waals surface area contributed by atoms with Gasteiger partial charge >= 0.3 is 0 Å². The van der Waals surface area contributed by atoms with E-state index in [-0.39, 0.29) is 0 Å². The highest BCUT2D eigenvalue weighted by Crippen LogP contribution is 2.22. The van der Waals surface area contributed by atoms with Gasteiger partial charge in [-0.25, -0.2) is 8.42 Å². The molecule has 0 atom stereocenters. The monoisotopic (exact) mass is 418 g/mol. The molecule has 1 fully saturated rings. The lowest BCUT2D eigenvalue weighted by Gasteiger charge is -2.21. The summed E-state index contributed by atoms with van der Waals surface area (Å²) in [5.41, 5.74) is 1.04. The molecule has 148 valence electrons. The van der Waals surface area contributed by atoms with Gasteiger partial charge in [-0.3, -0.25) is 4.90 Å². The standard InChI is InChI=1S/C19H22N4O3S2/c1-15-5-7-16(8-6-15)28(24,25)23-10-3-9-22(11-12-23)14-18-20-19(21-26-18)17-4-2-13-27-17/h2,4-8,13H,3,9-12,14H2,1H3. The topological polar surface area (TPSA) is 79.5 Å². The molecule has 0 unspecified atom stereocenters. The van der Waals surface area contributed by atoms with E-state index >= 15 is 0 Å². The number of nitrogens with zero attached hydrogens (tertiary/aromatic N) is 4. The SMILES string of the molecule is Cc1ccc(S(=O)(=O)N2CCCN(Cc3nc(-c4cccs4)no3)CC2)cc1. The molecule has 9 heteroatoms. The van der Waals surface area contributed by atoms with Gasteiger partial charge in [0, 0.05) is 19.6 Å². The van der Waals surface area contributed by atoms with E-state index in [1.54, 1.807) is 27.8 Å². The zero-order valence-electron chi connectivity index (χ0n) is 15.6. The van der Waals surface area contributed by atoms with Crippen LogP contribution in [0.1, 0.15) is 17.9 Å². The van der Waals surface area contributed by atoms with Crippen molar-refractivity contribution in [2.45, 2.75) is 24.8 Å². The molecule has 0 spiro atoms. The Balaban J connectivity index is 1.40. The quantitative estimate of drug-likeness (QED) is 0.634. The van der Waals surface area contributed by atoms with Crippen LogP contribution in [0.5, 0.6) is 0 Å². The van der Waals surface area contributed by atoms with E-state index < -0.39 is 10.0 Å². The van der Waals surface area contributed by atoms with Crippen molar-refractivity contribution in [1.82, 2.24) is 19.3 Å². The molecule has 0 aliphatic carbocycles. The average molecular weight is 419 g/mol. The van der Waals surface area contributed by atoms with E-state index in [9.17, 15) is 8.42 Å². The summed E-state index contributed by atoms with van der Waals surface area (Å²) in [6, 6.07) is 10.9. The molecule has 2 aromatic heterocycles. The number of aryl methyl sites for hydroxylation is 1. The Kier molecular flexibility index (Phi) is 5.58. The fraction of sp³-hybridized carbons (Fsp3) is 0.368. The molecule has 4 rings (SSSR count). The summed E-state index contributed by atoms with van der Waals surface area (Å²) in [4.78, 5) is 7.95. The van der Waals surface area contributed by atoms with Crippen molar-refractivity contribution in [1.29, 1.82) is 0 Å². The first-order valence-electron chi connectivity index (χ1n) is 9.18. The van der Waals surface area contributed by atoms with E-state index in [1.807, 2.05) is 36.6 Å². The number of hydrogen-bond acceptors (Lipinski definition) is 7. The first kappa shape index (κ1) is 19.3. The van der Waals surface area contributed by atoms with Crippen LogP contribution in [-0.4, -0.2) is 53.9 Å². The van der Waals surface area contributed by atoms with Crippen molar-refractivity contribution in [3.63, 3.8) is 0 Å². The minimum absolute atomic E-state index is 0.351. The Morgan fingerprint density at radius 1 is 1.11 bits per heavy atom. The molecule has 1 aliphatic rings. The van der Waals surface area contributed by atoms with E-state index in [0.717, 1.165) is 23.4 Å². The normalized spacial score (nSPS) is 16.9. The Morgan fingerprint density at radius 3 is 2.68 bits per heavy atom. The molecular weight excluding hydrogens is 396 g/mol. The first-order chi connectivity index (χ1) is 13.5. The van der Waals surface area contributed by atoms with Gasteiger partial charge in [0.25, 0.3) is 0 Å². The van der Waals surface area contributed by atoms with Crippen molar-refractivity contribution in [3.8, 4) is 10.7 Å². The minimum Gasteiger partial charge on any atom is -0.338 e. The molecule has 7 nitrogen and oxygen atoms in total. The highest BCUT2D eigenvalue weighted by atomic mass is 32.2. The van der Waals surface area contributed by atoms with Gasteiger partial charge in [0.15, 0.2) is 0 Å². The maximum absolute atomic E-state index is 12.9. The summed E-state index contributed by atoms with van der Waals surface area (Å²) in [6.07, 6.45) is 0.761. The lowest BCUT2D eigenvalue weighted by Crippen LogP contribution is -2.35. The van der Waals surface area contributed by atoms with Crippen LogP contribution in [0.2, 0.25) is 0 Å². The molecule has 0 amide bonds. The van der Waals surface area contributed by atoms with Gasteiger partial charge in [0.2, 0.25) is 21.7 Å². The van der Waals surface area contributed by atoms with E-state index in [4.69, 9.17) is 4.52 Å². The molecule has 0 saturated carbocycles. The fourth-order valence-corrected chi connectivity index (χ4v) is 5.34. The van der Waals surface area contributed by atoms with Gasteiger partial charge in [-0.1, -0.05) is 28.9 Å².